The van der Waals surface area contributed by atoms with Gasteiger partial charge < -0.3 is 15.5 Å². The van der Waals surface area contributed by atoms with E-state index in [1.54, 1.807) is 6.08 Å². The molecule has 0 radical (unpaired) electrons. The SMILES string of the molecule is C=CCNC(=S)N[NH+]=Cc1cc([N+](=O)[O-])c(O)cc1O. The summed E-state index contributed by atoms with van der Waals surface area (Å²) in [5.74, 6) is -0.923. The van der Waals surface area contributed by atoms with Crippen LogP contribution in [0, 0.1) is 10.1 Å². The van der Waals surface area contributed by atoms with Crippen LogP contribution in [0.25, 0.3) is 0 Å². The standard InChI is InChI=1S/C11H12N4O4S/c1-2-3-12-11(20)14-13-6-7-4-8(15(18)19)10(17)5-9(7)16/h2,4-6,16-17H,1,3H2,(H2,12,14,20)/p+1. The fraction of sp³-hybridized carbons (Fsp3) is 0.0909. The lowest BCUT2D eigenvalue weighted by Gasteiger charge is -2.01. The smallest absolute Gasteiger partial charge is 0.311 e. The normalized spacial score (nSPS) is 10.2. The van der Waals surface area contributed by atoms with E-state index in [1.807, 2.05) is 0 Å². The highest BCUT2D eigenvalue weighted by atomic mass is 32.1. The van der Waals surface area contributed by atoms with Crippen LogP contribution in [0.2, 0.25) is 0 Å². The average Bonchev–Trinajstić information content (AvgIpc) is 2.38. The number of rotatable bonds is 5. The van der Waals surface area contributed by atoms with Gasteiger partial charge in [-0.15, -0.1) is 17.1 Å². The number of phenolic OH excluding ortho intramolecular Hbond substituents is 2. The van der Waals surface area contributed by atoms with Crippen molar-refractivity contribution in [1.82, 2.24) is 10.7 Å². The second kappa shape index (κ2) is 7.04. The molecule has 0 bridgehead atoms. The molecule has 0 aliphatic carbocycles. The Morgan fingerprint density at radius 1 is 1.50 bits per heavy atom. The molecule has 0 atom stereocenters. The second-order valence-corrected chi connectivity index (χ2v) is 3.98. The van der Waals surface area contributed by atoms with Gasteiger partial charge in [-0.3, -0.25) is 10.1 Å². The first-order valence-corrected chi connectivity index (χ1v) is 5.80. The van der Waals surface area contributed by atoms with Gasteiger partial charge in [0.1, 0.15) is 5.75 Å². The molecular formula is C11H13N4O4S+. The number of hydrogen-bond donors (Lipinski definition) is 5. The molecule has 0 aliphatic rings. The fourth-order valence-electron chi connectivity index (χ4n) is 1.23. The van der Waals surface area contributed by atoms with E-state index >= 15 is 0 Å². The molecule has 0 heterocycles. The van der Waals surface area contributed by atoms with E-state index in [0.717, 1.165) is 12.1 Å². The molecule has 0 amide bonds. The quantitative estimate of drug-likeness (QED) is 0.156. The maximum Gasteiger partial charge on any atom is 0.311 e. The lowest BCUT2D eigenvalue weighted by Crippen LogP contribution is -2.82. The summed E-state index contributed by atoms with van der Waals surface area (Å²) in [6.07, 6.45) is 2.89. The van der Waals surface area contributed by atoms with Crippen molar-refractivity contribution in [3.63, 3.8) is 0 Å². The van der Waals surface area contributed by atoms with Crippen LogP contribution >= 0.6 is 12.2 Å². The molecule has 106 valence electrons. The minimum absolute atomic E-state index is 0.119. The van der Waals surface area contributed by atoms with Gasteiger partial charge in [-0.1, -0.05) is 6.08 Å². The zero-order valence-electron chi connectivity index (χ0n) is 10.3. The number of hydrogen-bond acceptors (Lipinski definition) is 5. The van der Waals surface area contributed by atoms with E-state index in [0.29, 0.717) is 6.54 Å². The number of nitro benzene ring substituents is 1. The number of hydrazone groups is 1. The van der Waals surface area contributed by atoms with Gasteiger partial charge in [-0.25, -0.2) is 0 Å². The van der Waals surface area contributed by atoms with Crippen molar-refractivity contribution < 1.29 is 20.2 Å². The molecule has 0 aliphatic heterocycles. The molecule has 0 spiro atoms. The monoisotopic (exact) mass is 297 g/mol. The number of nitrogens with one attached hydrogen (secondary N) is 3. The fourth-order valence-corrected chi connectivity index (χ4v) is 1.37. The molecule has 0 saturated carbocycles. The van der Waals surface area contributed by atoms with Gasteiger partial charge in [0.2, 0.25) is 11.3 Å². The third-order valence-electron chi connectivity index (χ3n) is 2.14. The second-order valence-electron chi connectivity index (χ2n) is 3.57. The Hall–Kier alpha value is -2.68. The summed E-state index contributed by atoms with van der Waals surface area (Å²) in [5, 5.41) is 35.2. The molecule has 0 aromatic heterocycles. The maximum atomic E-state index is 10.7. The number of nitro groups is 1. The third kappa shape index (κ3) is 4.21. The molecule has 1 rings (SSSR count). The Morgan fingerprint density at radius 3 is 2.80 bits per heavy atom. The lowest BCUT2D eigenvalue weighted by molar-refractivity contribution is -0.500. The van der Waals surface area contributed by atoms with Crippen LogP contribution in [0.5, 0.6) is 11.5 Å². The molecule has 0 saturated heterocycles. The molecule has 20 heavy (non-hydrogen) atoms. The molecule has 9 heteroatoms. The van der Waals surface area contributed by atoms with Crippen molar-refractivity contribution >= 4 is 29.2 Å². The van der Waals surface area contributed by atoms with Crippen LogP contribution < -0.4 is 15.8 Å². The van der Waals surface area contributed by atoms with Crippen LogP contribution in [-0.4, -0.2) is 33.0 Å². The van der Waals surface area contributed by atoms with Crippen molar-refractivity contribution in [3.8, 4) is 11.5 Å². The number of thiocarbonyl (C=S) groups is 1. The number of phenols is 2. The Bertz CT molecular complexity index is 574. The first-order chi connectivity index (χ1) is 9.45. The van der Waals surface area contributed by atoms with Crippen molar-refractivity contribution in [2.24, 2.45) is 0 Å². The van der Waals surface area contributed by atoms with Crippen molar-refractivity contribution in [3.05, 3.63) is 40.5 Å². The predicted octanol–water partition coefficient (Wildman–Crippen LogP) is -0.929. The van der Waals surface area contributed by atoms with Crippen LogP contribution in [-0.2, 0) is 0 Å². The van der Waals surface area contributed by atoms with Crippen molar-refractivity contribution in [2.45, 2.75) is 0 Å². The predicted molar refractivity (Wildman–Crippen MR) is 76.5 cm³/mol. The maximum absolute atomic E-state index is 10.7. The molecule has 0 fully saturated rings. The van der Waals surface area contributed by atoms with Crippen molar-refractivity contribution in [1.29, 1.82) is 0 Å². The minimum Gasteiger partial charge on any atom is -0.507 e. The van der Waals surface area contributed by atoms with Gasteiger partial charge in [-0.05, 0) is 12.2 Å². The Labute approximate surface area is 119 Å². The minimum atomic E-state index is -0.754. The summed E-state index contributed by atoms with van der Waals surface area (Å²) in [5.41, 5.74) is 2.19. The molecule has 1 aromatic carbocycles. The summed E-state index contributed by atoms with van der Waals surface area (Å²) in [7, 11) is 0. The number of aromatic hydroxyl groups is 2. The highest BCUT2D eigenvalue weighted by Gasteiger charge is 2.17. The van der Waals surface area contributed by atoms with E-state index in [4.69, 9.17) is 12.2 Å². The highest BCUT2D eigenvalue weighted by Crippen LogP contribution is 2.31. The summed E-state index contributed by atoms with van der Waals surface area (Å²) < 4.78 is 0. The summed E-state index contributed by atoms with van der Waals surface area (Å²) in [6.45, 7) is 3.98. The Morgan fingerprint density at radius 2 is 2.20 bits per heavy atom. The van der Waals surface area contributed by atoms with Gasteiger partial charge in [0.25, 0.3) is 0 Å². The third-order valence-corrected chi connectivity index (χ3v) is 2.39. The summed E-state index contributed by atoms with van der Waals surface area (Å²) in [4.78, 5) is 9.91. The van der Waals surface area contributed by atoms with E-state index in [2.05, 4.69) is 22.4 Å². The first-order valence-electron chi connectivity index (χ1n) is 5.39. The molecular weight excluding hydrogens is 284 g/mol. The molecule has 0 unspecified atom stereocenters. The highest BCUT2D eigenvalue weighted by molar-refractivity contribution is 7.80. The summed E-state index contributed by atoms with van der Waals surface area (Å²) >= 11 is 4.89. The lowest BCUT2D eigenvalue weighted by atomic mass is 10.2. The average molecular weight is 297 g/mol. The zero-order valence-corrected chi connectivity index (χ0v) is 11.1. The van der Waals surface area contributed by atoms with Crippen LogP contribution in [0.4, 0.5) is 5.69 Å². The topological polar surface area (TPSA) is 122 Å². The van der Waals surface area contributed by atoms with Gasteiger partial charge in [0.05, 0.1) is 10.5 Å². The van der Waals surface area contributed by atoms with Crippen LogP contribution in [0.15, 0.2) is 24.8 Å². The first kappa shape index (κ1) is 15.4. The van der Waals surface area contributed by atoms with E-state index < -0.39 is 16.4 Å². The van der Waals surface area contributed by atoms with Gasteiger partial charge >= 0.3 is 5.69 Å². The Kier molecular flexibility index (Phi) is 5.42. The Balaban J connectivity index is 2.81. The van der Waals surface area contributed by atoms with E-state index in [1.165, 1.54) is 6.21 Å². The van der Waals surface area contributed by atoms with Gasteiger partial charge in [-0.2, -0.15) is 0 Å². The van der Waals surface area contributed by atoms with E-state index in [-0.39, 0.29) is 16.4 Å². The van der Waals surface area contributed by atoms with Crippen LogP contribution in [0.1, 0.15) is 5.56 Å². The van der Waals surface area contributed by atoms with Gasteiger partial charge in [0, 0.05) is 18.7 Å². The molecule has 1 aromatic rings. The van der Waals surface area contributed by atoms with E-state index in [9.17, 15) is 20.3 Å². The number of hydrazine groups is 1. The number of benzene rings is 1. The van der Waals surface area contributed by atoms with Crippen LogP contribution in [0.3, 0.4) is 0 Å². The van der Waals surface area contributed by atoms with Crippen molar-refractivity contribution in [2.75, 3.05) is 6.54 Å². The largest absolute Gasteiger partial charge is 0.507 e. The van der Waals surface area contributed by atoms with Gasteiger partial charge in [0.15, 0.2) is 5.75 Å². The number of nitrogens with zero attached hydrogens (tertiary/aromatic N) is 1. The molecule has 8 nitrogen and oxygen atoms in total. The molecule has 5 N–H and O–H groups in total. The zero-order chi connectivity index (χ0) is 15.1. The summed E-state index contributed by atoms with van der Waals surface area (Å²) in [6, 6.07) is 1.92.